The minimum Gasteiger partial charge on any atom is -0.733 e. The van der Waals surface area contributed by atoms with E-state index in [0.29, 0.717) is 12.4 Å². The number of nitrogens with zero attached hydrogens (tertiary/aromatic N) is 3. The number of para-hydroxylation sites is 2. The Labute approximate surface area is 144 Å². The monoisotopic (exact) mass is 336 g/mol. The van der Waals surface area contributed by atoms with Crippen molar-refractivity contribution in [3.8, 4) is 16.9 Å². The first-order valence-electron chi connectivity index (χ1n) is 8.09. The average Bonchev–Trinajstić information content (AvgIpc) is 3.16. The summed E-state index contributed by atoms with van der Waals surface area (Å²) in [4.78, 5) is 0. The number of aryl methyl sites for hydroxylation is 1. The first-order chi connectivity index (χ1) is 12.1. The van der Waals surface area contributed by atoms with E-state index in [1.165, 1.54) is 0 Å². The highest BCUT2D eigenvalue weighted by atomic mass is 16.8. The fourth-order valence-electron chi connectivity index (χ4n) is 3.26. The van der Waals surface area contributed by atoms with E-state index in [9.17, 15) is 10.4 Å². The van der Waals surface area contributed by atoms with Crippen LogP contribution in [0.3, 0.4) is 0 Å². The van der Waals surface area contributed by atoms with Crippen LogP contribution in [0.5, 0.6) is 5.75 Å². The molecule has 2 aromatic carbocycles. The number of aromatic nitrogens is 2. The third-order valence-electron chi connectivity index (χ3n) is 4.44. The summed E-state index contributed by atoms with van der Waals surface area (Å²) >= 11 is 0. The zero-order valence-corrected chi connectivity index (χ0v) is 14.0. The van der Waals surface area contributed by atoms with Gasteiger partial charge in [0.25, 0.3) is 0 Å². The third kappa shape index (κ3) is 2.43. The molecule has 0 aliphatic heterocycles. The predicted octanol–water partition coefficient (Wildman–Crippen LogP) is 4.19. The van der Waals surface area contributed by atoms with Crippen molar-refractivity contribution in [3.63, 3.8) is 0 Å². The average molecular weight is 336 g/mol. The Morgan fingerprint density at radius 2 is 1.84 bits per heavy atom. The summed E-state index contributed by atoms with van der Waals surface area (Å²) in [5.74, 6) is 0.359. The van der Waals surface area contributed by atoms with Crippen LogP contribution in [0.15, 0.2) is 54.7 Å². The molecule has 0 unspecified atom stereocenters. The van der Waals surface area contributed by atoms with Crippen LogP contribution in [0.2, 0.25) is 0 Å². The van der Waals surface area contributed by atoms with Crippen LogP contribution in [0.25, 0.3) is 27.8 Å². The third-order valence-corrected chi connectivity index (χ3v) is 4.44. The summed E-state index contributed by atoms with van der Waals surface area (Å²) in [6, 6.07) is 15.5. The first kappa shape index (κ1) is 15.6. The second-order valence-electron chi connectivity index (χ2n) is 5.89. The quantitative estimate of drug-likeness (QED) is 0.568. The highest BCUT2D eigenvalue weighted by Crippen LogP contribution is 2.34. The standard InChI is InChI=1S/C19H18N3O3/c1-3-25-18-9-8-13(10-17(18)22(23)24)14-11-19-20(2)15-6-4-5-7-16(15)21(19)12-14/h4-12,23H,3H2,1-2H3/q-1. The summed E-state index contributed by atoms with van der Waals surface area (Å²) < 4.78 is 9.64. The number of anilines is 1. The zero-order valence-electron chi connectivity index (χ0n) is 14.0. The lowest BCUT2D eigenvalue weighted by Crippen LogP contribution is -2.09. The molecule has 25 heavy (non-hydrogen) atoms. The molecule has 0 atom stereocenters. The van der Waals surface area contributed by atoms with Gasteiger partial charge in [-0.25, -0.2) is 0 Å². The molecule has 4 aromatic rings. The highest BCUT2D eigenvalue weighted by molar-refractivity contribution is 5.85. The number of hydrogen-bond donors (Lipinski definition) is 1. The molecule has 0 saturated heterocycles. The number of rotatable bonds is 4. The normalized spacial score (nSPS) is 11.4. The summed E-state index contributed by atoms with van der Waals surface area (Å²) in [6.07, 6.45) is 2.03. The molecule has 2 aromatic heterocycles. The molecule has 0 fully saturated rings. The summed E-state index contributed by atoms with van der Waals surface area (Å²) in [5, 5.41) is 20.7. The van der Waals surface area contributed by atoms with Gasteiger partial charge in [0.1, 0.15) is 11.4 Å². The Morgan fingerprint density at radius 3 is 2.56 bits per heavy atom. The lowest BCUT2D eigenvalue weighted by molar-refractivity contribution is 0.284. The Balaban J connectivity index is 1.87. The lowest BCUT2D eigenvalue weighted by atomic mass is 10.1. The van der Waals surface area contributed by atoms with Gasteiger partial charge in [-0.3, -0.25) is 5.21 Å². The van der Waals surface area contributed by atoms with Gasteiger partial charge in [0.15, 0.2) is 0 Å². The van der Waals surface area contributed by atoms with Crippen LogP contribution in [0.1, 0.15) is 6.92 Å². The van der Waals surface area contributed by atoms with E-state index in [-0.39, 0.29) is 10.9 Å². The summed E-state index contributed by atoms with van der Waals surface area (Å²) in [7, 11) is 2.03. The van der Waals surface area contributed by atoms with E-state index >= 15 is 0 Å². The molecule has 0 aliphatic rings. The van der Waals surface area contributed by atoms with Crippen LogP contribution in [0.4, 0.5) is 5.69 Å². The van der Waals surface area contributed by atoms with Gasteiger partial charge >= 0.3 is 0 Å². The Morgan fingerprint density at radius 1 is 1.08 bits per heavy atom. The van der Waals surface area contributed by atoms with Gasteiger partial charge in [-0.1, -0.05) is 18.2 Å². The van der Waals surface area contributed by atoms with Crippen molar-refractivity contribution in [3.05, 3.63) is 59.9 Å². The van der Waals surface area contributed by atoms with Crippen molar-refractivity contribution in [2.45, 2.75) is 6.92 Å². The van der Waals surface area contributed by atoms with Gasteiger partial charge in [0.2, 0.25) is 0 Å². The van der Waals surface area contributed by atoms with Crippen molar-refractivity contribution >= 4 is 22.4 Å². The Hall–Kier alpha value is -2.96. The van der Waals surface area contributed by atoms with Crippen molar-refractivity contribution in [2.75, 3.05) is 11.8 Å². The molecular formula is C19H18N3O3-. The van der Waals surface area contributed by atoms with Gasteiger partial charge in [0.05, 0.1) is 23.3 Å². The predicted molar refractivity (Wildman–Crippen MR) is 98.1 cm³/mol. The second kappa shape index (κ2) is 5.84. The molecule has 4 rings (SSSR count). The van der Waals surface area contributed by atoms with Crippen molar-refractivity contribution in [2.24, 2.45) is 7.05 Å². The molecule has 0 aliphatic carbocycles. The molecule has 0 spiro atoms. The largest absolute Gasteiger partial charge is 0.733 e. The van der Waals surface area contributed by atoms with Crippen molar-refractivity contribution < 1.29 is 9.94 Å². The molecule has 0 saturated carbocycles. The number of benzene rings is 2. The Kier molecular flexibility index (Phi) is 3.63. The van der Waals surface area contributed by atoms with Crippen LogP contribution in [-0.4, -0.2) is 20.8 Å². The number of ether oxygens (including phenoxy) is 1. The van der Waals surface area contributed by atoms with Crippen molar-refractivity contribution in [1.82, 2.24) is 8.97 Å². The van der Waals surface area contributed by atoms with Gasteiger partial charge in [0, 0.05) is 18.8 Å². The molecule has 6 nitrogen and oxygen atoms in total. The van der Waals surface area contributed by atoms with E-state index in [1.54, 1.807) is 12.1 Å². The highest BCUT2D eigenvalue weighted by Gasteiger charge is 2.13. The fourth-order valence-corrected chi connectivity index (χ4v) is 3.26. The lowest BCUT2D eigenvalue weighted by Gasteiger charge is -2.24. The van der Waals surface area contributed by atoms with E-state index in [4.69, 9.17) is 4.74 Å². The molecule has 0 bridgehead atoms. The van der Waals surface area contributed by atoms with Crippen LogP contribution < -0.4 is 9.96 Å². The van der Waals surface area contributed by atoms with Gasteiger partial charge in [-0.15, -0.1) is 0 Å². The minimum atomic E-state index is -0.153. The molecule has 2 heterocycles. The van der Waals surface area contributed by atoms with E-state index in [0.717, 1.165) is 27.8 Å². The van der Waals surface area contributed by atoms with Crippen LogP contribution in [0, 0.1) is 5.21 Å². The smallest absolute Gasteiger partial charge is 0.143 e. The maximum Gasteiger partial charge on any atom is 0.143 e. The molecule has 1 N–H and O–H groups in total. The van der Waals surface area contributed by atoms with Crippen molar-refractivity contribution in [1.29, 1.82) is 0 Å². The first-order valence-corrected chi connectivity index (χ1v) is 8.09. The zero-order chi connectivity index (χ0) is 17.6. The number of fused-ring (bicyclic) bond motifs is 3. The summed E-state index contributed by atoms with van der Waals surface area (Å²) in [6.45, 7) is 2.25. The van der Waals surface area contributed by atoms with E-state index in [2.05, 4.69) is 27.2 Å². The van der Waals surface area contributed by atoms with Gasteiger partial charge in [-0.2, -0.15) is 0 Å². The molecule has 128 valence electrons. The van der Waals surface area contributed by atoms with E-state index in [1.807, 2.05) is 38.4 Å². The topological polar surface area (TPSA) is 65.1 Å². The molecule has 0 amide bonds. The molecular weight excluding hydrogens is 318 g/mol. The summed E-state index contributed by atoms with van der Waals surface area (Å²) in [5.41, 5.74) is 5.21. The van der Waals surface area contributed by atoms with Crippen LogP contribution in [-0.2, 0) is 7.05 Å². The van der Waals surface area contributed by atoms with Gasteiger partial charge < -0.3 is 24.1 Å². The SMILES string of the molecule is CCOc1ccc(-c2cc3n(C)c4ccccc4n3c2)cc1N([O-])O. The number of imidazole rings is 1. The maximum absolute atomic E-state index is 11.5. The van der Waals surface area contributed by atoms with E-state index < -0.39 is 0 Å². The minimum absolute atomic E-state index is 0.0967. The molecule has 6 heteroatoms. The number of hydrogen-bond acceptors (Lipinski definition) is 4. The second-order valence-corrected chi connectivity index (χ2v) is 5.89. The van der Waals surface area contributed by atoms with Crippen LogP contribution >= 0.6 is 0 Å². The van der Waals surface area contributed by atoms with Gasteiger partial charge in [-0.05, 0) is 42.8 Å². The fraction of sp³-hybridized carbons (Fsp3) is 0.158. The Bertz CT molecular complexity index is 1060. The molecule has 0 radical (unpaired) electrons. The maximum atomic E-state index is 11.5.